The Morgan fingerprint density at radius 3 is 2.62 bits per heavy atom. The van der Waals surface area contributed by atoms with Gasteiger partial charge in [-0.2, -0.15) is 0 Å². The molecule has 0 aliphatic carbocycles. The molecular weight excluding hydrogens is 440 g/mol. The molecule has 0 atom stereocenters. The van der Waals surface area contributed by atoms with Crippen LogP contribution in [0.1, 0.15) is 17.0 Å². The van der Waals surface area contributed by atoms with Crippen molar-refractivity contribution in [2.24, 2.45) is 0 Å². The summed E-state index contributed by atoms with van der Waals surface area (Å²) in [5, 5.41) is 2.07. The lowest BCUT2D eigenvalue weighted by molar-refractivity contribution is 0.872. The first-order valence-corrected chi connectivity index (χ1v) is 12.2. The molecule has 7 nitrogen and oxygen atoms in total. The first kappa shape index (κ1) is 20.7. The van der Waals surface area contributed by atoms with Crippen molar-refractivity contribution < 1.29 is 0 Å². The molecule has 0 saturated carbocycles. The highest BCUT2D eigenvalue weighted by molar-refractivity contribution is 7.99. The van der Waals surface area contributed by atoms with Gasteiger partial charge in [-0.1, -0.05) is 53.9 Å². The Kier molecular flexibility index (Phi) is 5.44. The lowest BCUT2D eigenvalue weighted by atomic mass is 10.1. The second kappa shape index (κ2) is 8.40. The highest BCUT2D eigenvalue weighted by Crippen LogP contribution is 2.29. The van der Waals surface area contributed by atoms with Crippen molar-refractivity contribution in [3.63, 3.8) is 0 Å². The summed E-state index contributed by atoms with van der Waals surface area (Å²) in [5.41, 5.74) is 4.82. The van der Waals surface area contributed by atoms with E-state index in [2.05, 4.69) is 19.9 Å². The topological polar surface area (TPSA) is 89.4 Å². The van der Waals surface area contributed by atoms with E-state index >= 15 is 0 Å². The first-order chi connectivity index (χ1) is 15.6. The van der Waals surface area contributed by atoms with Gasteiger partial charge in [0.15, 0.2) is 10.8 Å². The molecule has 5 rings (SSSR count). The molecule has 0 bridgehead atoms. The smallest absolute Gasteiger partial charge is 0.266 e. The van der Waals surface area contributed by atoms with Crippen LogP contribution < -0.4 is 5.56 Å². The summed E-state index contributed by atoms with van der Waals surface area (Å²) in [5.74, 6) is 1.13. The van der Waals surface area contributed by atoms with Crippen molar-refractivity contribution >= 4 is 45.6 Å². The predicted molar refractivity (Wildman–Crippen MR) is 130 cm³/mol. The summed E-state index contributed by atoms with van der Waals surface area (Å²) in [6.45, 7) is 3.95. The molecule has 0 unspecified atom stereocenters. The van der Waals surface area contributed by atoms with E-state index in [9.17, 15) is 4.79 Å². The third-order valence-electron chi connectivity index (χ3n) is 5.28. The maximum atomic E-state index is 13.7. The Hall–Kier alpha value is -3.17. The summed E-state index contributed by atoms with van der Waals surface area (Å²) in [6, 6.07) is 13.6. The third-order valence-corrected chi connectivity index (χ3v) is 6.79. The number of aromatic nitrogens is 6. The summed E-state index contributed by atoms with van der Waals surface area (Å²) in [7, 11) is 0. The molecule has 0 radical (unpaired) electrons. The third kappa shape index (κ3) is 3.57. The Morgan fingerprint density at radius 2 is 1.81 bits per heavy atom. The maximum Gasteiger partial charge on any atom is 0.266 e. The van der Waals surface area contributed by atoms with E-state index in [1.165, 1.54) is 23.5 Å². The van der Waals surface area contributed by atoms with Gasteiger partial charge in [-0.15, -0.1) is 0 Å². The molecule has 0 spiro atoms. The number of nitrogens with one attached hydrogen (secondary N) is 1. The van der Waals surface area contributed by atoms with Crippen LogP contribution in [0.2, 0.25) is 0 Å². The lowest BCUT2D eigenvalue weighted by Gasteiger charge is -2.16. The van der Waals surface area contributed by atoms with E-state index in [1.807, 2.05) is 62.6 Å². The summed E-state index contributed by atoms with van der Waals surface area (Å²) in [4.78, 5) is 35.1. The van der Waals surface area contributed by atoms with E-state index in [0.717, 1.165) is 21.8 Å². The molecule has 0 saturated heterocycles. The van der Waals surface area contributed by atoms with Gasteiger partial charge < -0.3 is 4.98 Å². The second-order valence-electron chi connectivity index (χ2n) is 7.33. The average Bonchev–Trinajstić information content (AvgIpc) is 3.27. The van der Waals surface area contributed by atoms with Gasteiger partial charge in [-0.25, -0.2) is 19.9 Å². The number of para-hydroxylation sites is 1. The van der Waals surface area contributed by atoms with Crippen molar-refractivity contribution in [2.75, 3.05) is 6.26 Å². The van der Waals surface area contributed by atoms with E-state index in [-0.39, 0.29) is 5.56 Å². The summed E-state index contributed by atoms with van der Waals surface area (Å²) >= 11 is 2.98. The van der Waals surface area contributed by atoms with E-state index < -0.39 is 0 Å². The highest BCUT2D eigenvalue weighted by Gasteiger charge is 2.17. The molecule has 160 valence electrons. The first-order valence-electron chi connectivity index (χ1n) is 10.0. The molecule has 5 aromatic rings. The van der Waals surface area contributed by atoms with Crippen molar-refractivity contribution in [1.29, 1.82) is 0 Å². The van der Waals surface area contributed by atoms with Crippen LogP contribution in [0, 0.1) is 13.8 Å². The molecule has 9 heteroatoms. The van der Waals surface area contributed by atoms with E-state index in [4.69, 9.17) is 4.98 Å². The van der Waals surface area contributed by atoms with Gasteiger partial charge in [-0.3, -0.25) is 9.36 Å². The number of imidazole rings is 1. The Labute approximate surface area is 192 Å². The SMILES string of the molecule is CSc1nc(SCc2nc3cccc(C)c3c(=O)n2-c2ccccc2C)c2nc[nH]c2n1. The fraction of sp³-hybridized carbons (Fsp3) is 0.174. The van der Waals surface area contributed by atoms with Crippen LogP contribution in [0.4, 0.5) is 0 Å². The minimum Gasteiger partial charge on any atom is -0.329 e. The number of hydrogen-bond donors (Lipinski definition) is 1. The van der Waals surface area contributed by atoms with Crippen LogP contribution in [-0.4, -0.2) is 35.7 Å². The molecule has 2 aromatic carbocycles. The standard InChI is InChI=1S/C23H20N6OS2/c1-13-7-4-5-10-16(13)29-17(26-15-9-6-8-14(2)18(15)22(29)30)11-32-21-19-20(25-12-24-19)27-23(28-21)31-3/h4-10,12H,11H2,1-3H3,(H,24,25,27,28). The van der Waals surface area contributed by atoms with E-state index in [1.54, 1.807) is 10.9 Å². The molecule has 0 aliphatic rings. The molecule has 0 fully saturated rings. The average molecular weight is 461 g/mol. The molecular formula is C23H20N6OS2. The minimum absolute atomic E-state index is 0.0598. The fourth-order valence-electron chi connectivity index (χ4n) is 3.72. The zero-order valence-electron chi connectivity index (χ0n) is 17.8. The quantitative estimate of drug-likeness (QED) is 0.231. The van der Waals surface area contributed by atoms with Crippen LogP contribution in [0.3, 0.4) is 0 Å². The molecule has 3 aromatic heterocycles. The van der Waals surface area contributed by atoms with Gasteiger partial charge >= 0.3 is 0 Å². The second-order valence-corrected chi connectivity index (χ2v) is 9.07. The number of rotatable bonds is 5. The van der Waals surface area contributed by atoms with Gasteiger partial charge in [-0.05, 0) is 43.4 Å². The fourth-order valence-corrected chi connectivity index (χ4v) is 5.04. The predicted octanol–water partition coefficient (Wildman–Crippen LogP) is 4.68. The number of benzene rings is 2. The van der Waals surface area contributed by atoms with Gasteiger partial charge in [0.2, 0.25) is 0 Å². The Bertz CT molecular complexity index is 1520. The van der Waals surface area contributed by atoms with Crippen molar-refractivity contribution in [3.8, 4) is 5.69 Å². The van der Waals surface area contributed by atoms with Crippen LogP contribution in [-0.2, 0) is 5.75 Å². The van der Waals surface area contributed by atoms with E-state index in [0.29, 0.717) is 38.8 Å². The van der Waals surface area contributed by atoms with Gasteiger partial charge in [0, 0.05) is 0 Å². The van der Waals surface area contributed by atoms with Gasteiger partial charge in [0.25, 0.3) is 5.56 Å². The van der Waals surface area contributed by atoms with Crippen LogP contribution in [0.5, 0.6) is 0 Å². The van der Waals surface area contributed by atoms with Crippen molar-refractivity contribution in [2.45, 2.75) is 29.8 Å². The molecule has 0 aliphatic heterocycles. The minimum atomic E-state index is -0.0598. The number of hydrogen-bond acceptors (Lipinski definition) is 7. The molecule has 32 heavy (non-hydrogen) atoms. The number of aromatic amines is 1. The van der Waals surface area contributed by atoms with Crippen LogP contribution in [0.15, 0.2) is 63.8 Å². The van der Waals surface area contributed by atoms with Gasteiger partial charge in [0.05, 0.1) is 28.7 Å². The molecule has 3 heterocycles. The zero-order chi connectivity index (χ0) is 22.2. The zero-order valence-corrected chi connectivity index (χ0v) is 19.4. The Morgan fingerprint density at radius 1 is 1.00 bits per heavy atom. The molecule has 1 N–H and O–H groups in total. The van der Waals surface area contributed by atoms with Gasteiger partial charge in [0.1, 0.15) is 16.4 Å². The molecule has 0 amide bonds. The largest absolute Gasteiger partial charge is 0.329 e. The monoisotopic (exact) mass is 460 g/mol. The van der Waals surface area contributed by atoms with Crippen molar-refractivity contribution in [3.05, 3.63) is 76.1 Å². The number of H-pyrrole nitrogens is 1. The summed E-state index contributed by atoms with van der Waals surface area (Å²) < 4.78 is 1.73. The normalized spacial score (nSPS) is 11.5. The maximum absolute atomic E-state index is 13.7. The van der Waals surface area contributed by atoms with Crippen LogP contribution in [0.25, 0.3) is 27.8 Å². The number of aryl methyl sites for hydroxylation is 2. The Balaban J connectivity index is 1.67. The summed E-state index contributed by atoms with van der Waals surface area (Å²) in [6.07, 6.45) is 3.56. The number of fused-ring (bicyclic) bond motifs is 2. The lowest BCUT2D eigenvalue weighted by Crippen LogP contribution is -2.25. The van der Waals surface area contributed by atoms with Crippen LogP contribution >= 0.6 is 23.5 Å². The number of thioether (sulfide) groups is 2. The van der Waals surface area contributed by atoms with Crippen molar-refractivity contribution in [1.82, 2.24) is 29.5 Å². The number of nitrogens with zero attached hydrogens (tertiary/aromatic N) is 5. The highest BCUT2D eigenvalue weighted by atomic mass is 32.2.